The summed E-state index contributed by atoms with van der Waals surface area (Å²) in [6.07, 6.45) is 0.704. The Morgan fingerprint density at radius 2 is 2.33 bits per heavy atom. The SMILES string of the molecule is C=C(C)C1Cc2cc(C(=O)O)ccc2O1. The minimum Gasteiger partial charge on any atom is -0.485 e. The maximum Gasteiger partial charge on any atom is 0.335 e. The van der Waals surface area contributed by atoms with Crippen molar-refractivity contribution in [2.75, 3.05) is 0 Å². The van der Waals surface area contributed by atoms with Gasteiger partial charge in [0.1, 0.15) is 11.9 Å². The predicted molar refractivity (Wildman–Crippen MR) is 56.3 cm³/mol. The first kappa shape index (κ1) is 9.77. The molecule has 1 heterocycles. The number of benzene rings is 1. The first-order valence-electron chi connectivity index (χ1n) is 4.76. The minimum atomic E-state index is -0.906. The molecule has 1 unspecified atom stereocenters. The molecule has 1 aromatic carbocycles. The van der Waals surface area contributed by atoms with Gasteiger partial charge in [0.2, 0.25) is 0 Å². The van der Waals surface area contributed by atoms with Crippen LogP contribution in [0.25, 0.3) is 0 Å². The molecule has 0 aliphatic carbocycles. The van der Waals surface area contributed by atoms with Gasteiger partial charge in [-0.05, 0) is 36.3 Å². The Morgan fingerprint density at radius 1 is 1.60 bits per heavy atom. The molecular weight excluding hydrogens is 192 g/mol. The molecule has 15 heavy (non-hydrogen) atoms. The number of aromatic carboxylic acids is 1. The fourth-order valence-electron chi connectivity index (χ4n) is 1.66. The van der Waals surface area contributed by atoms with Crippen molar-refractivity contribution in [2.45, 2.75) is 19.4 Å². The number of ether oxygens (including phenoxy) is 1. The smallest absolute Gasteiger partial charge is 0.335 e. The molecule has 1 aliphatic heterocycles. The van der Waals surface area contributed by atoms with E-state index in [1.165, 1.54) is 0 Å². The van der Waals surface area contributed by atoms with Gasteiger partial charge in [-0.15, -0.1) is 0 Å². The molecule has 0 aromatic heterocycles. The quantitative estimate of drug-likeness (QED) is 0.751. The Labute approximate surface area is 88.0 Å². The molecule has 1 N–H and O–H groups in total. The molecule has 1 atom stereocenters. The van der Waals surface area contributed by atoms with Crippen molar-refractivity contribution in [2.24, 2.45) is 0 Å². The molecular formula is C12H12O3. The highest BCUT2D eigenvalue weighted by atomic mass is 16.5. The minimum absolute atomic E-state index is 0.0101. The third-order valence-electron chi connectivity index (χ3n) is 2.53. The molecule has 0 spiro atoms. The Bertz CT molecular complexity index is 434. The lowest BCUT2D eigenvalue weighted by Gasteiger charge is -2.08. The summed E-state index contributed by atoms with van der Waals surface area (Å²) < 4.78 is 5.61. The molecule has 0 saturated carbocycles. The normalized spacial score (nSPS) is 18.1. The topological polar surface area (TPSA) is 46.5 Å². The summed E-state index contributed by atoms with van der Waals surface area (Å²) in [4.78, 5) is 10.8. The molecule has 0 bridgehead atoms. The second-order valence-corrected chi connectivity index (χ2v) is 3.78. The van der Waals surface area contributed by atoms with Crippen LogP contribution in [0.1, 0.15) is 22.8 Å². The Morgan fingerprint density at radius 3 is 2.93 bits per heavy atom. The van der Waals surface area contributed by atoms with Crippen molar-refractivity contribution in [3.05, 3.63) is 41.5 Å². The van der Waals surface area contributed by atoms with Gasteiger partial charge in [-0.1, -0.05) is 6.58 Å². The molecule has 0 fully saturated rings. The second-order valence-electron chi connectivity index (χ2n) is 3.78. The average Bonchev–Trinajstić information content (AvgIpc) is 2.59. The average molecular weight is 204 g/mol. The molecule has 0 radical (unpaired) electrons. The summed E-state index contributed by atoms with van der Waals surface area (Å²) in [6, 6.07) is 4.93. The molecule has 1 aromatic rings. The Kier molecular flexibility index (Phi) is 2.23. The highest BCUT2D eigenvalue weighted by Crippen LogP contribution is 2.31. The zero-order valence-electron chi connectivity index (χ0n) is 8.49. The molecule has 0 saturated heterocycles. The monoisotopic (exact) mass is 204 g/mol. The fourth-order valence-corrected chi connectivity index (χ4v) is 1.66. The van der Waals surface area contributed by atoms with Gasteiger partial charge < -0.3 is 9.84 Å². The third-order valence-corrected chi connectivity index (χ3v) is 2.53. The predicted octanol–water partition coefficient (Wildman–Crippen LogP) is 2.26. The second kappa shape index (κ2) is 3.42. The number of fused-ring (bicyclic) bond motifs is 1. The number of hydrogen-bond acceptors (Lipinski definition) is 2. The largest absolute Gasteiger partial charge is 0.485 e. The summed E-state index contributed by atoms with van der Waals surface area (Å²) >= 11 is 0. The third kappa shape index (κ3) is 1.73. The lowest BCUT2D eigenvalue weighted by atomic mass is 10.0. The summed E-state index contributed by atoms with van der Waals surface area (Å²) in [5.74, 6) is -0.135. The molecule has 1 aliphatic rings. The van der Waals surface area contributed by atoms with Crippen molar-refractivity contribution in [3.63, 3.8) is 0 Å². The van der Waals surface area contributed by atoms with E-state index in [2.05, 4.69) is 6.58 Å². The van der Waals surface area contributed by atoms with Gasteiger partial charge >= 0.3 is 5.97 Å². The number of carboxylic acids is 1. The molecule has 0 amide bonds. The van der Waals surface area contributed by atoms with Crippen LogP contribution in [-0.2, 0) is 6.42 Å². The van der Waals surface area contributed by atoms with Crippen LogP contribution < -0.4 is 4.74 Å². The van der Waals surface area contributed by atoms with E-state index in [0.29, 0.717) is 12.0 Å². The lowest BCUT2D eigenvalue weighted by molar-refractivity contribution is 0.0697. The van der Waals surface area contributed by atoms with Crippen LogP contribution in [0.15, 0.2) is 30.4 Å². The fraction of sp³-hybridized carbons (Fsp3) is 0.250. The van der Waals surface area contributed by atoms with E-state index in [1.54, 1.807) is 18.2 Å². The van der Waals surface area contributed by atoms with Crippen molar-refractivity contribution in [3.8, 4) is 5.75 Å². The van der Waals surface area contributed by atoms with Gasteiger partial charge in [-0.2, -0.15) is 0 Å². The Balaban J connectivity index is 2.31. The van der Waals surface area contributed by atoms with Gasteiger partial charge in [-0.25, -0.2) is 4.79 Å². The van der Waals surface area contributed by atoms with E-state index in [4.69, 9.17) is 9.84 Å². The van der Waals surface area contributed by atoms with E-state index < -0.39 is 5.97 Å². The van der Waals surface area contributed by atoms with Crippen LogP contribution in [0.2, 0.25) is 0 Å². The van der Waals surface area contributed by atoms with Gasteiger partial charge in [0.05, 0.1) is 5.56 Å². The molecule has 78 valence electrons. The van der Waals surface area contributed by atoms with E-state index in [9.17, 15) is 4.79 Å². The highest BCUT2D eigenvalue weighted by Gasteiger charge is 2.24. The van der Waals surface area contributed by atoms with Crippen molar-refractivity contribution in [1.82, 2.24) is 0 Å². The summed E-state index contributed by atoms with van der Waals surface area (Å²) in [6.45, 7) is 5.75. The van der Waals surface area contributed by atoms with Gasteiger partial charge in [0, 0.05) is 6.42 Å². The van der Waals surface area contributed by atoms with E-state index in [-0.39, 0.29) is 6.10 Å². The van der Waals surface area contributed by atoms with Crippen LogP contribution in [0, 0.1) is 0 Å². The number of hydrogen-bond donors (Lipinski definition) is 1. The summed E-state index contributed by atoms with van der Waals surface area (Å²) in [7, 11) is 0. The van der Waals surface area contributed by atoms with Crippen LogP contribution in [0.3, 0.4) is 0 Å². The molecule has 2 rings (SSSR count). The number of carboxylic acid groups (broad SMARTS) is 1. The summed E-state index contributed by atoms with van der Waals surface area (Å²) in [5, 5.41) is 8.83. The maximum absolute atomic E-state index is 10.8. The lowest BCUT2D eigenvalue weighted by Crippen LogP contribution is -2.13. The van der Waals surface area contributed by atoms with Crippen molar-refractivity contribution >= 4 is 5.97 Å². The van der Waals surface area contributed by atoms with Crippen LogP contribution in [0.5, 0.6) is 5.75 Å². The standard InChI is InChI=1S/C12H12O3/c1-7(2)11-6-9-5-8(12(13)14)3-4-10(9)15-11/h3-5,11H,1,6H2,2H3,(H,13,14). The number of carbonyl (C=O) groups is 1. The van der Waals surface area contributed by atoms with Gasteiger partial charge in [0.15, 0.2) is 0 Å². The molecule has 3 nitrogen and oxygen atoms in total. The van der Waals surface area contributed by atoms with Gasteiger partial charge in [0.25, 0.3) is 0 Å². The molecule has 3 heteroatoms. The maximum atomic E-state index is 10.8. The van der Waals surface area contributed by atoms with Gasteiger partial charge in [-0.3, -0.25) is 0 Å². The van der Waals surface area contributed by atoms with Crippen LogP contribution >= 0.6 is 0 Å². The zero-order chi connectivity index (χ0) is 11.0. The van der Waals surface area contributed by atoms with Crippen LogP contribution in [-0.4, -0.2) is 17.2 Å². The first-order chi connectivity index (χ1) is 7.08. The first-order valence-corrected chi connectivity index (χ1v) is 4.76. The van der Waals surface area contributed by atoms with E-state index in [0.717, 1.165) is 16.9 Å². The van der Waals surface area contributed by atoms with E-state index in [1.807, 2.05) is 6.92 Å². The highest BCUT2D eigenvalue weighted by molar-refractivity contribution is 5.88. The van der Waals surface area contributed by atoms with Crippen molar-refractivity contribution < 1.29 is 14.6 Å². The number of rotatable bonds is 2. The Hall–Kier alpha value is -1.77. The van der Waals surface area contributed by atoms with E-state index >= 15 is 0 Å². The summed E-state index contributed by atoms with van der Waals surface area (Å²) in [5.41, 5.74) is 2.21. The van der Waals surface area contributed by atoms with Crippen molar-refractivity contribution in [1.29, 1.82) is 0 Å². The zero-order valence-corrected chi connectivity index (χ0v) is 8.49. The van der Waals surface area contributed by atoms with Crippen LogP contribution in [0.4, 0.5) is 0 Å².